The molecule has 0 spiro atoms. The van der Waals surface area contributed by atoms with Crippen LogP contribution >= 0.6 is 0 Å². The van der Waals surface area contributed by atoms with Gasteiger partial charge in [-0.15, -0.1) is 0 Å². The minimum absolute atomic E-state index is 0.115. The second-order valence-electron chi connectivity index (χ2n) is 7.79. The second-order valence-corrected chi connectivity index (χ2v) is 7.79. The first kappa shape index (κ1) is 20.4. The third-order valence-electron chi connectivity index (χ3n) is 6.14. The molecule has 1 aromatic carbocycles. The third-order valence-corrected chi connectivity index (χ3v) is 6.14. The molecule has 1 saturated heterocycles. The number of amides is 1. The number of likely N-dealkylation sites (tertiary alicyclic amines) is 1. The number of anilines is 1. The highest BCUT2D eigenvalue weighted by Gasteiger charge is 2.40. The van der Waals surface area contributed by atoms with Gasteiger partial charge in [-0.25, -0.2) is 0 Å². The fraction of sp³-hybridized carbons (Fsp3) is 0.500. The van der Waals surface area contributed by atoms with Crippen LogP contribution in [0.1, 0.15) is 42.1 Å². The molecule has 0 bridgehead atoms. The lowest BCUT2D eigenvalue weighted by Gasteiger charge is -2.46. The normalized spacial score (nSPS) is 25.8. The maximum Gasteiger partial charge on any atom is 0.252 e. The van der Waals surface area contributed by atoms with Gasteiger partial charge in [0.05, 0.1) is 12.7 Å². The van der Waals surface area contributed by atoms with Crippen LogP contribution in [0.5, 0.6) is 5.75 Å². The summed E-state index contributed by atoms with van der Waals surface area (Å²) in [5.74, 6) is 0.454. The van der Waals surface area contributed by atoms with Gasteiger partial charge >= 0.3 is 0 Å². The van der Waals surface area contributed by atoms with Crippen molar-refractivity contribution in [1.29, 1.82) is 0 Å². The fourth-order valence-electron chi connectivity index (χ4n) is 4.42. The molecule has 28 heavy (non-hydrogen) atoms. The predicted molar refractivity (Wildman–Crippen MR) is 111 cm³/mol. The Balaban J connectivity index is 1.68. The summed E-state index contributed by atoms with van der Waals surface area (Å²) in [5, 5.41) is 11.2. The van der Waals surface area contributed by atoms with Crippen molar-refractivity contribution in [1.82, 2.24) is 4.90 Å². The Morgan fingerprint density at radius 2 is 2.04 bits per heavy atom. The van der Waals surface area contributed by atoms with Gasteiger partial charge < -0.3 is 21.3 Å². The van der Waals surface area contributed by atoms with Gasteiger partial charge in [0.1, 0.15) is 11.5 Å². The standard InChI is InChI=1S/C22H31N3O3/c1-3-17-6-4-5-9-22(17,27)25-10-7-15(8-11-25)12-16-13-18(21(24)26)20(28-2)14-19(16)23/h4-6,9,13-15,17,27H,3,7-8,10-12,23H2,1-2H3,(H2,24,26)/t17?,22-/m0/s1. The van der Waals surface area contributed by atoms with Crippen LogP contribution < -0.4 is 16.2 Å². The summed E-state index contributed by atoms with van der Waals surface area (Å²) in [6, 6.07) is 3.44. The number of nitrogens with zero attached hydrogens (tertiary/aromatic N) is 1. The van der Waals surface area contributed by atoms with Crippen molar-refractivity contribution in [3.8, 4) is 5.75 Å². The lowest BCUT2D eigenvalue weighted by molar-refractivity contribution is -0.112. The number of methoxy groups -OCH3 is 1. The number of hydrogen-bond donors (Lipinski definition) is 3. The van der Waals surface area contributed by atoms with Crippen molar-refractivity contribution < 1.29 is 14.6 Å². The number of carbonyl (C=O) groups excluding carboxylic acids is 1. The summed E-state index contributed by atoms with van der Waals surface area (Å²) in [5.41, 5.74) is 12.7. The Labute approximate surface area is 166 Å². The number of piperidine rings is 1. The van der Waals surface area contributed by atoms with E-state index in [1.807, 2.05) is 18.2 Å². The van der Waals surface area contributed by atoms with Gasteiger partial charge in [0.2, 0.25) is 0 Å². The van der Waals surface area contributed by atoms with Gasteiger partial charge in [0, 0.05) is 30.8 Å². The highest BCUT2D eigenvalue weighted by atomic mass is 16.5. The van der Waals surface area contributed by atoms with E-state index in [1.165, 1.54) is 7.11 Å². The summed E-state index contributed by atoms with van der Waals surface area (Å²) in [6.07, 6.45) is 11.6. The summed E-state index contributed by atoms with van der Waals surface area (Å²) in [4.78, 5) is 13.9. The smallest absolute Gasteiger partial charge is 0.252 e. The number of aliphatic hydroxyl groups is 1. The molecule has 1 fully saturated rings. The van der Waals surface area contributed by atoms with Crippen LogP contribution in [0.15, 0.2) is 36.4 Å². The van der Waals surface area contributed by atoms with Gasteiger partial charge in [0.25, 0.3) is 5.91 Å². The van der Waals surface area contributed by atoms with Gasteiger partial charge in [-0.05, 0) is 49.3 Å². The molecule has 0 aromatic heterocycles. The maximum absolute atomic E-state index is 11.7. The number of rotatable bonds is 6. The van der Waals surface area contributed by atoms with Crippen LogP contribution in [0.2, 0.25) is 0 Å². The Morgan fingerprint density at radius 3 is 2.64 bits per heavy atom. The molecule has 1 heterocycles. The van der Waals surface area contributed by atoms with E-state index in [9.17, 15) is 9.90 Å². The lowest BCUT2D eigenvalue weighted by atomic mass is 9.83. The van der Waals surface area contributed by atoms with E-state index in [1.54, 1.807) is 12.1 Å². The van der Waals surface area contributed by atoms with E-state index >= 15 is 0 Å². The summed E-state index contributed by atoms with van der Waals surface area (Å²) in [6.45, 7) is 3.76. The Kier molecular flexibility index (Phi) is 6.10. The van der Waals surface area contributed by atoms with Crippen molar-refractivity contribution in [2.75, 3.05) is 25.9 Å². The maximum atomic E-state index is 11.7. The van der Waals surface area contributed by atoms with Crippen LogP contribution in [0, 0.1) is 11.8 Å². The van der Waals surface area contributed by atoms with Crippen LogP contribution in [0.25, 0.3) is 0 Å². The molecule has 152 valence electrons. The first-order valence-corrected chi connectivity index (χ1v) is 9.98. The van der Waals surface area contributed by atoms with E-state index < -0.39 is 11.6 Å². The van der Waals surface area contributed by atoms with Crippen molar-refractivity contribution >= 4 is 11.6 Å². The molecular weight excluding hydrogens is 354 g/mol. The van der Waals surface area contributed by atoms with E-state index in [2.05, 4.69) is 17.9 Å². The average molecular weight is 386 g/mol. The molecule has 1 aliphatic carbocycles. The number of nitrogen functional groups attached to an aromatic ring is 1. The molecule has 0 saturated carbocycles. The molecule has 6 heteroatoms. The van der Waals surface area contributed by atoms with Crippen LogP contribution in [-0.4, -0.2) is 41.8 Å². The topological polar surface area (TPSA) is 102 Å². The minimum Gasteiger partial charge on any atom is -0.496 e. The zero-order valence-corrected chi connectivity index (χ0v) is 16.7. The van der Waals surface area contributed by atoms with Crippen molar-refractivity contribution in [2.45, 2.75) is 38.3 Å². The number of allylic oxidation sites excluding steroid dienone is 2. The number of hydrogen-bond acceptors (Lipinski definition) is 5. The van der Waals surface area contributed by atoms with E-state index in [0.29, 0.717) is 22.9 Å². The molecule has 1 unspecified atom stereocenters. The van der Waals surface area contributed by atoms with Gasteiger partial charge in [-0.2, -0.15) is 0 Å². The molecule has 1 aliphatic heterocycles. The molecule has 2 aliphatic rings. The number of benzene rings is 1. The van der Waals surface area contributed by atoms with Crippen molar-refractivity contribution in [2.24, 2.45) is 17.6 Å². The molecule has 6 nitrogen and oxygen atoms in total. The zero-order chi connectivity index (χ0) is 20.3. The molecule has 2 atom stereocenters. The van der Waals surface area contributed by atoms with E-state index in [0.717, 1.165) is 44.3 Å². The van der Waals surface area contributed by atoms with Gasteiger partial charge in [-0.3, -0.25) is 9.69 Å². The molecule has 3 rings (SSSR count). The number of ether oxygens (including phenoxy) is 1. The largest absolute Gasteiger partial charge is 0.496 e. The number of primary amides is 1. The van der Waals surface area contributed by atoms with Gasteiger partial charge in [-0.1, -0.05) is 25.2 Å². The van der Waals surface area contributed by atoms with Crippen LogP contribution in [0.3, 0.4) is 0 Å². The number of nitrogens with two attached hydrogens (primary N) is 2. The van der Waals surface area contributed by atoms with E-state index in [4.69, 9.17) is 16.2 Å². The molecule has 1 amide bonds. The fourth-order valence-corrected chi connectivity index (χ4v) is 4.42. The van der Waals surface area contributed by atoms with Crippen molar-refractivity contribution in [3.63, 3.8) is 0 Å². The lowest BCUT2D eigenvalue weighted by Crippen LogP contribution is -2.55. The van der Waals surface area contributed by atoms with Gasteiger partial charge in [0.15, 0.2) is 0 Å². The average Bonchev–Trinajstić information content (AvgIpc) is 2.69. The molecular formula is C22H31N3O3. The predicted octanol–water partition coefficient (Wildman–Crippen LogP) is 2.47. The van der Waals surface area contributed by atoms with E-state index in [-0.39, 0.29) is 5.92 Å². The molecule has 1 aromatic rings. The van der Waals surface area contributed by atoms with Crippen LogP contribution in [0.4, 0.5) is 5.69 Å². The molecule has 0 radical (unpaired) electrons. The minimum atomic E-state index is -0.896. The first-order chi connectivity index (χ1) is 13.4. The Bertz CT molecular complexity index is 781. The summed E-state index contributed by atoms with van der Waals surface area (Å²) in [7, 11) is 1.50. The first-order valence-electron chi connectivity index (χ1n) is 9.98. The Morgan fingerprint density at radius 1 is 1.32 bits per heavy atom. The Hall–Kier alpha value is -2.31. The van der Waals surface area contributed by atoms with Crippen molar-refractivity contribution in [3.05, 3.63) is 47.6 Å². The SMILES string of the molecule is CCC1C=CC=C[C@@]1(O)N1CCC(Cc2cc(C(N)=O)c(OC)cc2N)CC1. The highest BCUT2D eigenvalue weighted by molar-refractivity contribution is 5.96. The monoisotopic (exact) mass is 385 g/mol. The second kappa shape index (κ2) is 8.37. The van der Waals surface area contributed by atoms with Crippen LogP contribution in [-0.2, 0) is 6.42 Å². The zero-order valence-electron chi connectivity index (χ0n) is 16.7. The third kappa shape index (κ3) is 3.93. The summed E-state index contributed by atoms with van der Waals surface area (Å²) < 4.78 is 5.22. The highest BCUT2D eigenvalue weighted by Crippen LogP contribution is 2.35. The summed E-state index contributed by atoms with van der Waals surface area (Å²) >= 11 is 0. The number of carbonyl (C=O) groups is 1. The quantitative estimate of drug-likeness (QED) is 0.653. The molecule has 5 N–H and O–H groups in total.